The van der Waals surface area contributed by atoms with Crippen LogP contribution in [-0.2, 0) is 0 Å². The van der Waals surface area contributed by atoms with Crippen molar-refractivity contribution in [1.82, 2.24) is 10.6 Å². The fraction of sp³-hybridized carbons (Fsp3) is 1.00. The zero-order valence-corrected chi connectivity index (χ0v) is 10.6. The Labute approximate surface area is 89.9 Å². The molecule has 0 radical (unpaired) electrons. The molecular weight excluding hydrogens is 172 g/mol. The Morgan fingerprint density at radius 3 is 2.29 bits per heavy atom. The molecule has 2 rings (SSSR count). The van der Waals surface area contributed by atoms with Crippen LogP contribution >= 0.6 is 0 Å². The van der Waals surface area contributed by atoms with Gasteiger partial charge in [0.1, 0.15) is 0 Å². The van der Waals surface area contributed by atoms with Gasteiger partial charge < -0.3 is 10.6 Å². The van der Waals surface area contributed by atoms with Crippen molar-refractivity contribution in [3.8, 4) is 0 Å². The maximum Gasteiger partial charge on any atom is 0.0123 e. The monoisotopic (exact) mass is 200 g/mol. The van der Waals surface area contributed by atoms with Gasteiger partial charge in [0.2, 0.25) is 0 Å². The predicted octanol–water partition coefficient (Wildman–Crippen LogP) is 2.40. The Balaban J connectivity index is 0.000000379. The van der Waals surface area contributed by atoms with E-state index in [1.54, 1.807) is 0 Å². The van der Waals surface area contributed by atoms with Crippen LogP contribution in [-0.4, -0.2) is 25.2 Å². The van der Waals surface area contributed by atoms with E-state index in [9.17, 15) is 0 Å². The third-order valence-electron chi connectivity index (χ3n) is 2.83. The molecule has 14 heavy (non-hydrogen) atoms. The molecular formula is C12H28N2. The quantitative estimate of drug-likeness (QED) is 0.627. The van der Waals surface area contributed by atoms with Crippen molar-refractivity contribution in [2.75, 3.05) is 13.1 Å². The summed E-state index contributed by atoms with van der Waals surface area (Å²) in [5.74, 6) is 0.927. The van der Waals surface area contributed by atoms with E-state index in [2.05, 4.69) is 17.6 Å². The standard InChI is InChI=1S/C8H16N2.2C2H6/c1-6-4-8-7(5-10-6)2-3-9-8;2*1-2/h6-10H,2-5H2,1H3;2*1-2H3. The Bertz CT molecular complexity index is 125. The van der Waals surface area contributed by atoms with Gasteiger partial charge in [-0.05, 0) is 38.8 Å². The van der Waals surface area contributed by atoms with Crippen LogP contribution in [0.1, 0.15) is 47.5 Å². The summed E-state index contributed by atoms with van der Waals surface area (Å²) in [7, 11) is 0. The predicted molar refractivity (Wildman–Crippen MR) is 64.7 cm³/mol. The number of fused-ring (bicyclic) bond motifs is 1. The first-order valence-corrected chi connectivity index (χ1v) is 6.33. The second-order valence-electron chi connectivity index (χ2n) is 3.65. The van der Waals surface area contributed by atoms with Crippen LogP contribution in [0.5, 0.6) is 0 Å². The zero-order chi connectivity index (χ0) is 11.0. The molecule has 3 atom stereocenters. The van der Waals surface area contributed by atoms with E-state index in [1.807, 2.05) is 27.7 Å². The third-order valence-corrected chi connectivity index (χ3v) is 2.83. The molecule has 0 aromatic rings. The fourth-order valence-electron chi connectivity index (χ4n) is 2.16. The molecule has 0 amide bonds. The van der Waals surface area contributed by atoms with Crippen molar-refractivity contribution >= 4 is 0 Å². The van der Waals surface area contributed by atoms with E-state index in [-0.39, 0.29) is 0 Å². The summed E-state index contributed by atoms with van der Waals surface area (Å²) in [5.41, 5.74) is 0. The lowest BCUT2D eigenvalue weighted by molar-refractivity contribution is 0.293. The van der Waals surface area contributed by atoms with Crippen LogP contribution in [0.2, 0.25) is 0 Å². The molecule has 0 bridgehead atoms. The van der Waals surface area contributed by atoms with Gasteiger partial charge >= 0.3 is 0 Å². The van der Waals surface area contributed by atoms with Crippen molar-refractivity contribution in [2.45, 2.75) is 59.5 Å². The van der Waals surface area contributed by atoms with Crippen molar-refractivity contribution in [3.05, 3.63) is 0 Å². The molecule has 2 fully saturated rings. The average molecular weight is 200 g/mol. The largest absolute Gasteiger partial charge is 0.314 e. The van der Waals surface area contributed by atoms with Gasteiger partial charge in [0.25, 0.3) is 0 Å². The van der Waals surface area contributed by atoms with Crippen molar-refractivity contribution in [1.29, 1.82) is 0 Å². The minimum Gasteiger partial charge on any atom is -0.314 e. The normalized spacial score (nSPS) is 34.5. The molecule has 0 spiro atoms. The van der Waals surface area contributed by atoms with Gasteiger partial charge in [-0.1, -0.05) is 27.7 Å². The van der Waals surface area contributed by atoms with Crippen LogP contribution in [0.15, 0.2) is 0 Å². The molecule has 2 aliphatic heterocycles. The van der Waals surface area contributed by atoms with E-state index < -0.39 is 0 Å². The minimum absolute atomic E-state index is 0.729. The van der Waals surface area contributed by atoms with E-state index in [1.165, 1.54) is 25.9 Å². The first-order valence-electron chi connectivity index (χ1n) is 6.33. The smallest absolute Gasteiger partial charge is 0.0123 e. The van der Waals surface area contributed by atoms with Crippen LogP contribution in [0.3, 0.4) is 0 Å². The lowest BCUT2D eigenvalue weighted by atomic mass is 9.91. The van der Waals surface area contributed by atoms with Crippen molar-refractivity contribution < 1.29 is 0 Å². The molecule has 0 aliphatic carbocycles. The van der Waals surface area contributed by atoms with Gasteiger partial charge in [-0.25, -0.2) is 0 Å². The Morgan fingerprint density at radius 1 is 1.00 bits per heavy atom. The summed E-state index contributed by atoms with van der Waals surface area (Å²) in [5, 5.41) is 7.06. The zero-order valence-electron chi connectivity index (χ0n) is 10.6. The molecule has 2 heterocycles. The third kappa shape index (κ3) is 3.97. The molecule has 2 saturated heterocycles. The summed E-state index contributed by atoms with van der Waals surface area (Å²) in [6, 6.07) is 1.56. The molecule has 0 saturated carbocycles. The topological polar surface area (TPSA) is 24.1 Å². The Hall–Kier alpha value is -0.0800. The first kappa shape index (κ1) is 13.9. The molecule has 86 valence electrons. The van der Waals surface area contributed by atoms with Gasteiger partial charge in [0, 0.05) is 12.1 Å². The minimum atomic E-state index is 0.729. The SMILES string of the molecule is CC.CC.CC1CC2NCCC2CN1. The van der Waals surface area contributed by atoms with Gasteiger partial charge in [0.15, 0.2) is 0 Å². The first-order chi connectivity index (χ1) is 6.86. The number of rotatable bonds is 0. The van der Waals surface area contributed by atoms with E-state index >= 15 is 0 Å². The maximum absolute atomic E-state index is 3.55. The molecule has 0 aromatic carbocycles. The van der Waals surface area contributed by atoms with Crippen LogP contribution in [0, 0.1) is 5.92 Å². The van der Waals surface area contributed by atoms with Crippen LogP contribution in [0.25, 0.3) is 0 Å². The van der Waals surface area contributed by atoms with Crippen LogP contribution in [0.4, 0.5) is 0 Å². The summed E-state index contributed by atoms with van der Waals surface area (Å²) in [6.45, 7) is 12.7. The number of piperidine rings is 1. The summed E-state index contributed by atoms with van der Waals surface area (Å²) < 4.78 is 0. The van der Waals surface area contributed by atoms with Gasteiger partial charge in [0.05, 0.1) is 0 Å². The van der Waals surface area contributed by atoms with Gasteiger partial charge in [-0.3, -0.25) is 0 Å². The number of hydrogen-bond donors (Lipinski definition) is 2. The summed E-state index contributed by atoms with van der Waals surface area (Å²) in [6.07, 6.45) is 2.70. The Morgan fingerprint density at radius 2 is 1.64 bits per heavy atom. The molecule has 0 aromatic heterocycles. The number of hydrogen-bond acceptors (Lipinski definition) is 2. The highest BCUT2D eigenvalue weighted by Crippen LogP contribution is 2.22. The fourth-order valence-corrected chi connectivity index (χ4v) is 2.16. The second kappa shape index (κ2) is 8.25. The van der Waals surface area contributed by atoms with E-state index in [0.717, 1.165) is 18.0 Å². The van der Waals surface area contributed by atoms with Gasteiger partial charge in [-0.15, -0.1) is 0 Å². The Kier molecular flexibility index (Phi) is 8.20. The lowest BCUT2D eigenvalue weighted by Crippen LogP contribution is -2.46. The highest BCUT2D eigenvalue weighted by molar-refractivity contribution is 4.91. The summed E-state index contributed by atoms with van der Waals surface area (Å²) in [4.78, 5) is 0. The van der Waals surface area contributed by atoms with Crippen LogP contribution < -0.4 is 10.6 Å². The maximum atomic E-state index is 3.55. The highest BCUT2D eigenvalue weighted by Gasteiger charge is 2.31. The van der Waals surface area contributed by atoms with E-state index in [0.29, 0.717) is 0 Å². The van der Waals surface area contributed by atoms with E-state index in [4.69, 9.17) is 0 Å². The number of nitrogens with one attached hydrogen (secondary N) is 2. The second-order valence-corrected chi connectivity index (χ2v) is 3.65. The molecule has 3 unspecified atom stereocenters. The van der Waals surface area contributed by atoms with Gasteiger partial charge in [-0.2, -0.15) is 0 Å². The van der Waals surface area contributed by atoms with Crippen molar-refractivity contribution in [2.24, 2.45) is 5.92 Å². The molecule has 2 nitrogen and oxygen atoms in total. The lowest BCUT2D eigenvalue weighted by Gasteiger charge is -2.30. The molecule has 2 heteroatoms. The average Bonchev–Trinajstić information content (AvgIpc) is 2.71. The molecule has 2 aliphatic rings. The molecule has 2 N–H and O–H groups in total. The highest BCUT2D eigenvalue weighted by atomic mass is 15.0. The van der Waals surface area contributed by atoms with Crippen molar-refractivity contribution in [3.63, 3.8) is 0 Å². The summed E-state index contributed by atoms with van der Waals surface area (Å²) >= 11 is 0.